The molecule has 1 N–H and O–H groups in total. The molecule has 1 atom stereocenters. The van der Waals surface area contributed by atoms with Crippen LogP contribution < -0.4 is 0 Å². The maximum Gasteiger partial charge on any atom is 0.339 e. The molecule has 0 amide bonds. The van der Waals surface area contributed by atoms with Crippen LogP contribution in [0.25, 0.3) is 0 Å². The predicted molar refractivity (Wildman–Crippen MR) is 56.1 cm³/mol. The van der Waals surface area contributed by atoms with Gasteiger partial charge in [-0.2, -0.15) is 0 Å². The fourth-order valence-electron chi connectivity index (χ4n) is 0.970. The Hall–Kier alpha value is -0.580. The summed E-state index contributed by atoms with van der Waals surface area (Å²) in [6.07, 6.45) is -1.34. The molecule has 0 bridgehead atoms. The molecule has 0 radical (unpaired) electrons. The first-order valence-corrected chi connectivity index (χ1v) is 4.94. The molecule has 0 aliphatic carbocycles. The molecule has 0 heterocycles. The van der Waals surface area contributed by atoms with Gasteiger partial charge in [-0.05, 0) is 22.0 Å². The Morgan fingerprint density at radius 1 is 1.64 bits per heavy atom. The van der Waals surface area contributed by atoms with Crippen molar-refractivity contribution in [2.24, 2.45) is 0 Å². The SMILES string of the molecule is COC(=O)C(O)c1cccc(Br)c1Cl. The van der Waals surface area contributed by atoms with Crippen LogP contribution in [0.4, 0.5) is 0 Å². The van der Waals surface area contributed by atoms with E-state index in [0.717, 1.165) is 0 Å². The first-order valence-electron chi connectivity index (χ1n) is 3.77. The number of hydrogen-bond acceptors (Lipinski definition) is 3. The number of methoxy groups -OCH3 is 1. The van der Waals surface area contributed by atoms with E-state index in [-0.39, 0.29) is 0 Å². The Bertz CT molecular complexity index is 354. The molecule has 3 nitrogen and oxygen atoms in total. The number of benzene rings is 1. The molecule has 0 saturated heterocycles. The molecule has 1 unspecified atom stereocenters. The van der Waals surface area contributed by atoms with Crippen molar-refractivity contribution >= 4 is 33.5 Å². The standard InChI is InChI=1S/C9H8BrClO3/c1-14-9(13)8(12)5-3-2-4-6(10)7(5)11/h2-4,8,12H,1H3. The van der Waals surface area contributed by atoms with Crippen LogP contribution in [0.1, 0.15) is 11.7 Å². The third-order valence-electron chi connectivity index (χ3n) is 1.70. The summed E-state index contributed by atoms with van der Waals surface area (Å²) in [5.74, 6) is -0.731. The molecule has 0 fully saturated rings. The lowest BCUT2D eigenvalue weighted by Gasteiger charge is -2.10. The predicted octanol–water partition coefficient (Wildman–Crippen LogP) is 2.31. The first kappa shape index (κ1) is 11.5. The van der Waals surface area contributed by atoms with E-state index < -0.39 is 12.1 Å². The van der Waals surface area contributed by atoms with E-state index in [2.05, 4.69) is 20.7 Å². The maximum atomic E-state index is 11.0. The number of aliphatic hydroxyl groups is 1. The van der Waals surface area contributed by atoms with Crippen LogP contribution in [-0.2, 0) is 9.53 Å². The van der Waals surface area contributed by atoms with Gasteiger partial charge in [-0.15, -0.1) is 0 Å². The summed E-state index contributed by atoms with van der Waals surface area (Å²) in [5, 5.41) is 9.83. The number of carbonyl (C=O) groups excluding carboxylic acids is 1. The monoisotopic (exact) mass is 278 g/mol. The summed E-state index contributed by atoms with van der Waals surface area (Å²) >= 11 is 9.06. The number of hydrogen-bond donors (Lipinski definition) is 1. The number of rotatable bonds is 2. The molecule has 5 heteroatoms. The fraction of sp³-hybridized carbons (Fsp3) is 0.222. The number of esters is 1. The molecule has 1 aromatic rings. The zero-order chi connectivity index (χ0) is 10.7. The maximum absolute atomic E-state index is 11.0. The van der Waals surface area contributed by atoms with E-state index in [9.17, 15) is 9.90 Å². The molecular formula is C9H8BrClO3. The Labute approximate surface area is 94.8 Å². The largest absolute Gasteiger partial charge is 0.467 e. The minimum atomic E-state index is -1.34. The molecular weight excluding hydrogens is 271 g/mol. The quantitative estimate of drug-likeness (QED) is 0.845. The smallest absolute Gasteiger partial charge is 0.339 e. The zero-order valence-corrected chi connectivity index (χ0v) is 9.67. The summed E-state index contributed by atoms with van der Waals surface area (Å²) in [7, 11) is 1.21. The number of halogens is 2. The summed E-state index contributed by atoms with van der Waals surface area (Å²) in [6, 6.07) is 4.96. The molecule has 0 aliphatic rings. The number of ether oxygens (including phenoxy) is 1. The van der Waals surface area contributed by atoms with Gasteiger partial charge in [-0.25, -0.2) is 4.79 Å². The third-order valence-corrected chi connectivity index (χ3v) is 3.01. The van der Waals surface area contributed by atoms with Crippen LogP contribution in [0.5, 0.6) is 0 Å². The minimum Gasteiger partial charge on any atom is -0.467 e. The van der Waals surface area contributed by atoms with Crippen LogP contribution in [0.2, 0.25) is 5.02 Å². The lowest BCUT2D eigenvalue weighted by atomic mass is 10.1. The van der Waals surface area contributed by atoms with Crippen molar-refractivity contribution in [2.45, 2.75) is 6.10 Å². The van der Waals surface area contributed by atoms with Crippen LogP contribution in [0.15, 0.2) is 22.7 Å². The van der Waals surface area contributed by atoms with Crippen LogP contribution in [0, 0.1) is 0 Å². The van der Waals surface area contributed by atoms with E-state index in [1.807, 2.05) is 0 Å². The Balaban J connectivity index is 3.07. The topological polar surface area (TPSA) is 46.5 Å². The normalized spacial score (nSPS) is 12.3. The van der Waals surface area contributed by atoms with Gasteiger partial charge in [0.2, 0.25) is 0 Å². The van der Waals surface area contributed by atoms with Gasteiger partial charge in [-0.1, -0.05) is 23.7 Å². The Morgan fingerprint density at radius 2 is 2.29 bits per heavy atom. The Morgan fingerprint density at radius 3 is 2.86 bits per heavy atom. The van der Waals surface area contributed by atoms with Gasteiger partial charge in [-0.3, -0.25) is 0 Å². The van der Waals surface area contributed by atoms with Crippen LogP contribution in [0.3, 0.4) is 0 Å². The van der Waals surface area contributed by atoms with E-state index in [1.165, 1.54) is 7.11 Å². The second kappa shape index (κ2) is 4.77. The molecule has 1 rings (SSSR count). The highest BCUT2D eigenvalue weighted by atomic mass is 79.9. The molecule has 0 spiro atoms. The molecule has 1 aromatic carbocycles. The first-order chi connectivity index (χ1) is 6.57. The van der Waals surface area contributed by atoms with Crippen molar-refractivity contribution in [3.63, 3.8) is 0 Å². The minimum absolute atomic E-state index is 0.311. The van der Waals surface area contributed by atoms with Crippen molar-refractivity contribution in [1.29, 1.82) is 0 Å². The van der Waals surface area contributed by atoms with Crippen molar-refractivity contribution in [1.82, 2.24) is 0 Å². The number of carbonyl (C=O) groups is 1. The van der Waals surface area contributed by atoms with Crippen molar-refractivity contribution in [3.8, 4) is 0 Å². The molecule has 0 saturated carbocycles. The molecule has 0 aromatic heterocycles. The average Bonchev–Trinajstić information content (AvgIpc) is 2.20. The summed E-state index contributed by atoms with van der Waals surface area (Å²) in [4.78, 5) is 11.0. The Kier molecular flexibility index (Phi) is 3.92. The fourth-order valence-corrected chi connectivity index (χ4v) is 1.58. The lowest BCUT2D eigenvalue weighted by molar-refractivity contribution is -0.150. The van der Waals surface area contributed by atoms with Gasteiger partial charge in [0.25, 0.3) is 0 Å². The lowest BCUT2D eigenvalue weighted by Crippen LogP contribution is -2.13. The van der Waals surface area contributed by atoms with Gasteiger partial charge in [0.1, 0.15) is 0 Å². The summed E-state index contributed by atoms with van der Waals surface area (Å²) in [6.45, 7) is 0. The molecule has 76 valence electrons. The van der Waals surface area contributed by atoms with E-state index in [0.29, 0.717) is 15.1 Å². The van der Waals surface area contributed by atoms with Crippen molar-refractivity contribution in [2.75, 3.05) is 7.11 Å². The van der Waals surface area contributed by atoms with Gasteiger partial charge in [0, 0.05) is 10.0 Å². The van der Waals surface area contributed by atoms with Crippen molar-refractivity contribution in [3.05, 3.63) is 33.3 Å². The highest BCUT2D eigenvalue weighted by Gasteiger charge is 2.21. The van der Waals surface area contributed by atoms with Gasteiger partial charge < -0.3 is 9.84 Å². The van der Waals surface area contributed by atoms with Crippen LogP contribution in [-0.4, -0.2) is 18.2 Å². The summed E-state index contributed by atoms with van der Waals surface area (Å²) in [5.41, 5.74) is 0.327. The third kappa shape index (κ3) is 2.26. The second-order valence-corrected chi connectivity index (χ2v) is 3.80. The second-order valence-electron chi connectivity index (χ2n) is 2.57. The van der Waals surface area contributed by atoms with Crippen LogP contribution >= 0.6 is 27.5 Å². The zero-order valence-electron chi connectivity index (χ0n) is 7.33. The van der Waals surface area contributed by atoms with E-state index in [4.69, 9.17) is 11.6 Å². The van der Waals surface area contributed by atoms with Gasteiger partial charge in [0.15, 0.2) is 6.10 Å². The average molecular weight is 280 g/mol. The van der Waals surface area contributed by atoms with Gasteiger partial charge in [0.05, 0.1) is 12.1 Å². The molecule has 0 aliphatic heterocycles. The highest BCUT2D eigenvalue weighted by Crippen LogP contribution is 2.30. The van der Waals surface area contributed by atoms with Gasteiger partial charge >= 0.3 is 5.97 Å². The van der Waals surface area contributed by atoms with E-state index in [1.54, 1.807) is 18.2 Å². The summed E-state index contributed by atoms with van der Waals surface area (Å²) < 4.78 is 5.02. The highest BCUT2D eigenvalue weighted by molar-refractivity contribution is 9.10. The number of aliphatic hydroxyl groups excluding tert-OH is 1. The van der Waals surface area contributed by atoms with E-state index >= 15 is 0 Å². The molecule has 14 heavy (non-hydrogen) atoms. The van der Waals surface area contributed by atoms with Crippen molar-refractivity contribution < 1.29 is 14.6 Å².